The molecule has 0 heterocycles. The Labute approximate surface area is 74.9 Å². The van der Waals surface area contributed by atoms with Gasteiger partial charge in [-0.05, 0) is 12.8 Å². The van der Waals surface area contributed by atoms with Gasteiger partial charge in [0.2, 0.25) is 0 Å². The van der Waals surface area contributed by atoms with E-state index in [1.165, 1.54) is 0 Å². The van der Waals surface area contributed by atoms with E-state index in [0.29, 0.717) is 12.8 Å². The standard InChI is InChI=1S/C8H13F2NO2/c9-8(10,7(12)13)5-3-1-2-4-6(5)11/h5-6H,1-4,11H2,(H,12,13). The molecule has 1 aliphatic rings. The molecule has 5 heteroatoms. The normalized spacial score (nSPS) is 30.1. The summed E-state index contributed by atoms with van der Waals surface area (Å²) in [5.41, 5.74) is 5.46. The topological polar surface area (TPSA) is 63.3 Å². The molecule has 2 unspecified atom stereocenters. The molecule has 0 spiro atoms. The highest BCUT2D eigenvalue weighted by Gasteiger charge is 2.50. The molecule has 0 aliphatic heterocycles. The largest absolute Gasteiger partial charge is 0.477 e. The van der Waals surface area contributed by atoms with E-state index in [4.69, 9.17) is 10.8 Å². The highest BCUT2D eigenvalue weighted by molar-refractivity contribution is 5.75. The number of rotatable bonds is 2. The van der Waals surface area contributed by atoms with E-state index in [9.17, 15) is 13.6 Å². The summed E-state index contributed by atoms with van der Waals surface area (Å²) in [6.45, 7) is 0. The van der Waals surface area contributed by atoms with Gasteiger partial charge in [0.1, 0.15) is 0 Å². The number of carboxylic acids is 1. The summed E-state index contributed by atoms with van der Waals surface area (Å²) in [5, 5.41) is 8.31. The van der Waals surface area contributed by atoms with Crippen molar-refractivity contribution in [3.05, 3.63) is 0 Å². The quantitative estimate of drug-likeness (QED) is 0.693. The molecule has 3 nitrogen and oxygen atoms in total. The van der Waals surface area contributed by atoms with Crippen LogP contribution in [0.15, 0.2) is 0 Å². The average molecular weight is 193 g/mol. The molecule has 0 amide bonds. The number of alkyl halides is 2. The van der Waals surface area contributed by atoms with Crippen molar-refractivity contribution in [1.82, 2.24) is 0 Å². The second kappa shape index (κ2) is 3.57. The van der Waals surface area contributed by atoms with Crippen molar-refractivity contribution in [3.8, 4) is 0 Å². The maximum absolute atomic E-state index is 13.0. The van der Waals surface area contributed by atoms with Crippen molar-refractivity contribution in [2.75, 3.05) is 0 Å². The van der Waals surface area contributed by atoms with Crippen LogP contribution >= 0.6 is 0 Å². The predicted molar refractivity (Wildman–Crippen MR) is 42.5 cm³/mol. The summed E-state index contributed by atoms with van der Waals surface area (Å²) in [4.78, 5) is 10.3. The fraction of sp³-hybridized carbons (Fsp3) is 0.875. The van der Waals surface area contributed by atoms with Gasteiger partial charge in [-0.25, -0.2) is 4.79 Å². The molecule has 13 heavy (non-hydrogen) atoms. The Morgan fingerprint density at radius 1 is 1.38 bits per heavy atom. The lowest BCUT2D eigenvalue weighted by molar-refractivity contribution is -0.176. The van der Waals surface area contributed by atoms with Gasteiger partial charge in [-0.15, -0.1) is 0 Å². The fourth-order valence-corrected chi connectivity index (χ4v) is 1.77. The number of hydrogen-bond donors (Lipinski definition) is 2. The third kappa shape index (κ3) is 1.96. The Morgan fingerprint density at radius 2 is 1.92 bits per heavy atom. The van der Waals surface area contributed by atoms with Crippen LogP contribution in [-0.4, -0.2) is 23.0 Å². The molecule has 0 aromatic rings. The van der Waals surface area contributed by atoms with Crippen molar-refractivity contribution in [2.45, 2.75) is 37.6 Å². The van der Waals surface area contributed by atoms with Gasteiger partial charge in [0.15, 0.2) is 0 Å². The van der Waals surface area contributed by atoms with Gasteiger partial charge < -0.3 is 10.8 Å². The molecular weight excluding hydrogens is 180 g/mol. The van der Waals surface area contributed by atoms with Crippen LogP contribution in [0.4, 0.5) is 8.78 Å². The minimum Gasteiger partial charge on any atom is -0.477 e. The van der Waals surface area contributed by atoms with Crippen LogP contribution in [-0.2, 0) is 4.79 Å². The zero-order valence-corrected chi connectivity index (χ0v) is 7.17. The molecule has 3 N–H and O–H groups in total. The van der Waals surface area contributed by atoms with Gasteiger partial charge in [0, 0.05) is 12.0 Å². The van der Waals surface area contributed by atoms with Crippen LogP contribution in [0.25, 0.3) is 0 Å². The summed E-state index contributed by atoms with van der Waals surface area (Å²) in [7, 11) is 0. The van der Waals surface area contributed by atoms with Gasteiger partial charge in [-0.1, -0.05) is 12.8 Å². The first-order valence-corrected chi connectivity index (χ1v) is 4.33. The van der Waals surface area contributed by atoms with E-state index in [1.807, 2.05) is 0 Å². The van der Waals surface area contributed by atoms with Crippen LogP contribution in [0.1, 0.15) is 25.7 Å². The molecule has 0 aromatic heterocycles. The minimum atomic E-state index is -3.67. The van der Waals surface area contributed by atoms with Crippen LogP contribution in [0.2, 0.25) is 0 Å². The number of carboxylic acid groups (broad SMARTS) is 1. The van der Waals surface area contributed by atoms with Gasteiger partial charge in [0.25, 0.3) is 0 Å². The van der Waals surface area contributed by atoms with E-state index in [0.717, 1.165) is 6.42 Å². The molecule has 0 aromatic carbocycles. The third-order valence-electron chi connectivity index (χ3n) is 2.57. The highest BCUT2D eigenvalue weighted by atomic mass is 19.3. The Kier molecular flexibility index (Phi) is 2.85. The lowest BCUT2D eigenvalue weighted by Crippen LogP contribution is -2.48. The van der Waals surface area contributed by atoms with Gasteiger partial charge in [-0.3, -0.25) is 0 Å². The molecular formula is C8H13F2NO2. The second-order valence-corrected chi connectivity index (χ2v) is 3.48. The van der Waals surface area contributed by atoms with Crippen molar-refractivity contribution >= 4 is 5.97 Å². The first kappa shape index (κ1) is 10.4. The molecule has 2 atom stereocenters. The number of halogens is 2. The SMILES string of the molecule is NC1CCCCC1C(F)(F)C(=O)O. The fourth-order valence-electron chi connectivity index (χ4n) is 1.77. The number of hydrogen-bond acceptors (Lipinski definition) is 2. The summed E-state index contributed by atoms with van der Waals surface area (Å²) in [5.74, 6) is -6.92. The zero-order chi connectivity index (χ0) is 10.1. The molecule has 1 aliphatic carbocycles. The monoisotopic (exact) mass is 193 g/mol. The smallest absolute Gasteiger partial charge is 0.374 e. The maximum Gasteiger partial charge on any atom is 0.374 e. The number of nitrogens with two attached hydrogens (primary N) is 1. The Hall–Kier alpha value is -0.710. The second-order valence-electron chi connectivity index (χ2n) is 3.48. The molecule has 1 rings (SSSR count). The van der Waals surface area contributed by atoms with Crippen molar-refractivity contribution in [2.24, 2.45) is 11.7 Å². The highest BCUT2D eigenvalue weighted by Crippen LogP contribution is 2.35. The molecule has 1 saturated carbocycles. The Bertz CT molecular complexity index is 208. The van der Waals surface area contributed by atoms with Crippen LogP contribution in [0.5, 0.6) is 0 Å². The van der Waals surface area contributed by atoms with Gasteiger partial charge >= 0.3 is 11.9 Å². The van der Waals surface area contributed by atoms with Crippen molar-refractivity contribution in [1.29, 1.82) is 0 Å². The lowest BCUT2D eigenvalue weighted by Gasteiger charge is -2.32. The van der Waals surface area contributed by atoms with Crippen LogP contribution < -0.4 is 5.73 Å². The van der Waals surface area contributed by atoms with Crippen molar-refractivity contribution in [3.63, 3.8) is 0 Å². The van der Waals surface area contributed by atoms with Gasteiger partial charge in [-0.2, -0.15) is 8.78 Å². The Balaban J connectivity index is 2.73. The van der Waals surface area contributed by atoms with E-state index in [-0.39, 0.29) is 6.42 Å². The van der Waals surface area contributed by atoms with Gasteiger partial charge in [0.05, 0.1) is 0 Å². The number of carbonyl (C=O) groups is 1. The van der Waals surface area contributed by atoms with Crippen molar-refractivity contribution < 1.29 is 18.7 Å². The van der Waals surface area contributed by atoms with E-state index < -0.39 is 23.9 Å². The lowest BCUT2D eigenvalue weighted by atomic mass is 9.81. The van der Waals surface area contributed by atoms with Crippen LogP contribution in [0.3, 0.4) is 0 Å². The summed E-state index contributed by atoms with van der Waals surface area (Å²) in [6, 6.07) is -0.681. The summed E-state index contributed by atoms with van der Waals surface area (Å²) >= 11 is 0. The maximum atomic E-state index is 13.0. The van der Waals surface area contributed by atoms with E-state index in [1.54, 1.807) is 0 Å². The third-order valence-corrected chi connectivity index (χ3v) is 2.57. The molecule has 1 fully saturated rings. The average Bonchev–Trinajstić information content (AvgIpc) is 2.04. The minimum absolute atomic E-state index is 0.209. The van der Waals surface area contributed by atoms with E-state index in [2.05, 4.69) is 0 Å². The number of aliphatic carboxylic acids is 1. The molecule has 76 valence electrons. The Morgan fingerprint density at radius 3 is 2.38 bits per heavy atom. The zero-order valence-electron chi connectivity index (χ0n) is 7.17. The van der Waals surface area contributed by atoms with E-state index >= 15 is 0 Å². The summed E-state index contributed by atoms with van der Waals surface area (Å²) in [6.07, 6.45) is 2.16. The summed E-state index contributed by atoms with van der Waals surface area (Å²) < 4.78 is 26.0. The molecule has 0 bridgehead atoms. The molecule has 0 radical (unpaired) electrons. The van der Waals surface area contributed by atoms with Crippen LogP contribution in [0, 0.1) is 5.92 Å². The first-order chi connectivity index (χ1) is 5.96. The first-order valence-electron chi connectivity index (χ1n) is 4.33. The predicted octanol–water partition coefficient (Wildman–Crippen LogP) is 1.22. The molecule has 0 saturated heterocycles.